The summed E-state index contributed by atoms with van der Waals surface area (Å²) in [5.74, 6) is 0.569. The Bertz CT molecular complexity index is 771. The number of sulfonamides is 1. The van der Waals surface area contributed by atoms with Gasteiger partial charge in [-0.05, 0) is 18.4 Å². The fourth-order valence-electron chi connectivity index (χ4n) is 3.01. The van der Waals surface area contributed by atoms with Crippen LogP contribution in [0.4, 0.5) is 5.69 Å². The zero-order valence-corrected chi connectivity index (χ0v) is 14.1. The second-order valence-electron chi connectivity index (χ2n) is 6.27. The van der Waals surface area contributed by atoms with Crippen LogP contribution >= 0.6 is 0 Å². The molecule has 9 heteroatoms. The standard InChI is InChI=1S/C15H19N3O5S/c1-11-10-12(11)15(19)16-6-8-17(9-7-16)24(22,23)14-5-3-2-4-13(14)18(20)21/h2-5,11-12H,6-10H2,1H3/t11-,12+/m0/s1. The number of amides is 1. The first-order valence-corrected chi connectivity index (χ1v) is 9.28. The van der Waals surface area contributed by atoms with Gasteiger partial charge in [0.15, 0.2) is 4.90 Å². The highest BCUT2D eigenvalue weighted by Gasteiger charge is 2.43. The normalized spacial score (nSPS) is 24.6. The molecule has 1 aromatic rings. The quantitative estimate of drug-likeness (QED) is 0.595. The highest BCUT2D eigenvalue weighted by molar-refractivity contribution is 7.89. The monoisotopic (exact) mass is 353 g/mol. The minimum atomic E-state index is -3.95. The summed E-state index contributed by atoms with van der Waals surface area (Å²) in [5, 5.41) is 11.1. The van der Waals surface area contributed by atoms with Gasteiger partial charge < -0.3 is 4.90 Å². The fraction of sp³-hybridized carbons (Fsp3) is 0.533. The molecule has 1 aromatic carbocycles. The van der Waals surface area contributed by atoms with Gasteiger partial charge in [-0.2, -0.15) is 4.31 Å². The molecule has 2 atom stereocenters. The number of benzene rings is 1. The van der Waals surface area contributed by atoms with E-state index < -0.39 is 20.6 Å². The van der Waals surface area contributed by atoms with Crippen LogP contribution in [0, 0.1) is 22.0 Å². The summed E-state index contributed by atoms with van der Waals surface area (Å²) in [6.45, 7) is 2.98. The molecule has 0 bridgehead atoms. The van der Waals surface area contributed by atoms with Gasteiger partial charge in [-0.25, -0.2) is 8.42 Å². The average molecular weight is 353 g/mol. The van der Waals surface area contributed by atoms with E-state index in [1.807, 2.05) is 6.92 Å². The third kappa shape index (κ3) is 3.01. The van der Waals surface area contributed by atoms with Crippen molar-refractivity contribution in [2.75, 3.05) is 26.2 Å². The van der Waals surface area contributed by atoms with Crippen LogP contribution in [0.25, 0.3) is 0 Å². The van der Waals surface area contributed by atoms with E-state index in [9.17, 15) is 23.3 Å². The Labute approximate surface area is 140 Å². The first kappa shape index (κ1) is 16.8. The van der Waals surface area contributed by atoms with Crippen LogP contribution in [0.15, 0.2) is 29.2 Å². The van der Waals surface area contributed by atoms with Crippen LogP contribution in [0.5, 0.6) is 0 Å². The van der Waals surface area contributed by atoms with Crippen molar-refractivity contribution in [3.05, 3.63) is 34.4 Å². The van der Waals surface area contributed by atoms with Gasteiger partial charge in [0.2, 0.25) is 15.9 Å². The van der Waals surface area contributed by atoms with E-state index in [1.165, 1.54) is 28.6 Å². The number of carbonyl (C=O) groups is 1. The van der Waals surface area contributed by atoms with Crippen LogP contribution in [0.2, 0.25) is 0 Å². The van der Waals surface area contributed by atoms with Crippen LogP contribution in [0.3, 0.4) is 0 Å². The Morgan fingerprint density at radius 1 is 1.21 bits per heavy atom. The molecule has 3 rings (SSSR count). The first-order chi connectivity index (χ1) is 11.3. The van der Waals surface area contributed by atoms with Crippen LogP contribution in [-0.4, -0.2) is 54.6 Å². The first-order valence-electron chi connectivity index (χ1n) is 7.84. The molecule has 1 aliphatic carbocycles. The number of nitro benzene ring substituents is 1. The number of rotatable bonds is 4. The van der Waals surface area contributed by atoms with E-state index in [4.69, 9.17) is 0 Å². The molecule has 2 fully saturated rings. The van der Waals surface area contributed by atoms with Gasteiger partial charge >= 0.3 is 0 Å². The predicted octanol–water partition coefficient (Wildman–Crippen LogP) is 1.08. The molecule has 0 N–H and O–H groups in total. The van der Waals surface area contributed by atoms with Crippen molar-refractivity contribution in [2.45, 2.75) is 18.2 Å². The van der Waals surface area contributed by atoms with Gasteiger partial charge in [0.1, 0.15) is 0 Å². The molecule has 0 radical (unpaired) electrons. The lowest BCUT2D eigenvalue weighted by atomic mass is 10.2. The summed E-state index contributed by atoms with van der Waals surface area (Å²) in [6.07, 6.45) is 0.896. The number of nitrogens with zero attached hydrogens (tertiary/aromatic N) is 3. The lowest BCUT2D eigenvalue weighted by Crippen LogP contribution is -2.51. The second-order valence-corrected chi connectivity index (χ2v) is 8.18. The Morgan fingerprint density at radius 3 is 2.33 bits per heavy atom. The molecule has 2 aliphatic rings. The van der Waals surface area contributed by atoms with Crippen molar-refractivity contribution in [1.29, 1.82) is 0 Å². The number of hydrogen-bond donors (Lipinski definition) is 0. The Morgan fingerprint density at radius 2 is 1.79 bits per heavy atom. The van der Waals surface area contributed by atoms with Crippen molar-refractivity contribution in [1.82, 2.24) is 9.21 Å². The lowest BCUT2D eigenvalue weighted by Gasteiger charge is -2.34. The Balaban J connectivity index is 1.74. The summed E-state index contributed by atoms with van der Waals surface area (Å²) >= 11 is 0. The smallest absolute Gasteiger partial charge is 0.289 e. The van der Waals surface area contributed by atoms with E-state index in [2.05, 4.69) is 0 Å². The third-order valence-electron chi connectivity index (χ3n) is 4.66. The van der Waals surface area contributed by atoms with Gasteiger partial charge in [-0.3, -0.25) is 14.9 Å². The SMILES string of the molecule is C[C@H]1C[C@H]1C(=O)N1CCN(S(=O)(=O)c2ccccc2[N+](=O)[O-])CC1. The maximum Gasteiger partial charge on any atom is 0.289 e. The molecule has 0 unspecified atom stereocenters. The molecular weight excluding hydrogens is 334 g/mol. The summed E-state index contributed by atoms with van der Waals surface area (Å²) in [7, 11) is -3.95. The molecular formula is C15H19N3O5S. The van der Waals surface area contributed by atoms with Gasteiger partial charge in [0.25, 0.3) is 5.69 Å². The second kappa shape index (κ2) is 6.14. The molecule has 1 heterocycles. The van der Waals surface area contributed by atoms with E-state index in [1.54, 1.807) is 4.90 Å². The average Bonchev–Trinajstić information content (AvgIpc) is 3.31. The van der Waals surface area contributed by atoms with Crippen LogP contribution in [-0.2, 0) is 14.8 Å². The minimum Gasteiger partial charge on any atom is -0.340 e. The largest absolute Gasteiger partial charge is 0.340 e. The maximum atomic E-state index is 12.7. The van der Waals surface area contributed by atoms with E-state index in [0.29, 0.717) is 19.0 Å². The highest BCUT2D eigenvalue weighted by Crippen LogP contribution is 2.39. The summed E-state index contributed by atoms with van der Waals surface area (Å²) in [6, 6.07) is 5.33. The third-order valence-corrected chi connectivity index (χ3v) is 6.60. The van der Waals surface area contributed by atoms with Crippen LogP contribution < -0.4 is 0 Å². The van der Waals surface area contributed by atoms with E-state index in [0.717, 1.165) is 6.42 Å². The zero-order chi connectivity index (χ0) is 17.5. The van der Waals surface area contributed by atoms with Crippen molar-refractivity contribution >= 4 is 21.6 Å². The van der Waals surface area contributed by atoms with Gasteiger partial charge in [0.05, 0.1) is 4.92 Å². The lowest BCUT2D eigenvalue weighted by molar-refractivity contribution is -0.387. The molecule has 1 aliphatic heterocycles. The summed E-state index contributed by atoms with van der Waals surface area (Å²) in [5.41, 5.74) is -0.428. The van der Waals surface area contributed by atoms with Crippen molar-refractivity contribution < 1.29 is 18.1 Å². The predicted molar refractivity (Wildman–Crippen MR) is 85.7 cm³/mol. The number of carbonyl (C=O) groups excluding carboxylic acids is 1. The van der Waals surface area contributed by atoms with Crippen molar-refractivity contribution in [3.8, 4) is 0 Å². The van der Waals surface area contributed by atoms with Crippen molar-refractivity contribution in [2.24, 2.45) is 11.8 Å². The molecule has 24 heavy (non-hydrogen) atoms. The van der Waals surface area contributed by atoms with E-state index in [-0.39, 0.29) is 29.8 Å². The van der Waals surface area contributed by atoms with Crippen molar-refractivity contribution in [3.63, 3.8) is 0 Å². The Hall–Kier alpha value is -2.00. The summed E-state index contributed by atoms with van der Waals surface area (Å²) in [4.78, 5) is 24.0. The summed E-state index contributed by atoms with van der Waals surface area (Å²) < 4.78 is 26.6. The number of hydrogen-bond acceptors (Lipinski definition) is 5. The number of nitro groups is 1. The molecule has 130 valence electrons. The molecule has 8 nitrogen and oxygen atoms in total. The molecule has 0 spiro atoms. The van der Waals surface area contributed by atoms with Gasteiger partial charge in [-0.15, -0.1) is 0 Å². The molecule has 1 amide bonds. The minimum absolute atomic E-state index is 0.0726. The fourth-order valence-corrected chi connectivity index (χ4v) is 4.59. The zero-order valence-electron chi connectivity index (χ0n) is 13.3. The number of para-hydroxylation sites is 1. The Kier molecular flexibility index (Phi) is 4.31. The molecule has 1 saturated heterocycles. The molecule has 0 aromatic heterocycles. The highest BCUT2D eigenvalue weighted by atomic mass is 32.2. The maximum absolute atomic E-state index is 12.7. The van der Waals surface area contributed by atoms with Crippen LogP contribution in [0.1, 0.15) is 13.3 Å². The van der Waals surface area contributed by atoms with E-state index >= 15 is 0 Å². The van der Waals surface area contributed by atoms with Gasteiger partial charge in [0, 0.05) is 38.2 Å². The molecule has 1 saturated carbocycles. The topological polar surface area (TPSA) is 101 Å². The van der Waals surface area contributed by atoms with Gasteiger partial charge in [-0.1, -0.05) is 19.1 Å². The number of piperazine rings is 1.